The van der Waals surface area contributed by atoms with Crippen molar-refractivity contribution in [3.8, 4) is 0 Å². The van der Waals surface area contributed by atoms with Crippen LogP contribution in [-0.2, 0) is 6.54 Å². The fourth-order valence-corrected chi connectivity index (χ4v) is 2.75. The Morgan fingerprint density at radius 1 is 1.47 bits per heavy atom. The predicted molar refractivity (Wildman–Crippen MR) is 73.0 cm³/mol. The lowest BCUT2D eigenvalue weighted by Gasteiger charge is -2.14. The van der Waals surface area contributed by atoms with Crippen LogP contribution < -0.4 is 10.6 Å². The van der Waals surface area contributed by atoms with Crippen molar-refractivity contribution in [1.82, 2.24) is 10.6 Å². The zero-order chi connectivity index (χ0) is 12.3. The van der Waals surface area contributed by atoms with Crippen LogP contribution in [0, 0.1) is 12.8 Å². The molecule has 0 aromatic heterocycles. The van der Waals surface area contributed by atoms with Gasteiger partial charge < -0.3 is 15.7 Å². The molecule has 1 aliphatic rings. The van der Waals surface area contributed by atoms with Gasteiger partial charge in [-0.25, -0.2) is 0 Å². The van der Waals surface area contributed by atoms with Gasteiger partial charge >= 0.3 is 0 Å². The highest BCUT2D eigenvalue weighted by Crippen LogP contribution is 2.18. The molecule has 1 aliphatic heterocycles. The van der Waals surface area contributed by atoms with Gasteiger partial charge in [0.05, 0.1) is 6.10 Å². The van der Waals surface area contributed by atoms with Crippen molar-refractivity contribution in [1.29, 1.82) is 0 Å². The number of aliphatic hydroxyl groups is 1. The lowest BCUT2D eigenvalue weighted by atomic mass is 10.1. The second-order valence-electron chi connectivity index (χ2n) is 4.71. The molecule has 1 aromatic carbocycles. The van der Waals surface area contributed by atoms with Crippen molar-refractivity contribution >= 4 is 15.9 Å². The first-order valence-corrected chi connectivity index (χ1v) is 6.80. The number of hydrogen-bond donors (Lipinski definition) is 3. The molecule has 3 nitrogen and oxygen atoms in total. The molecule has 0 radical (unpaired) electrons. The molecule has 17 heavy (non-hydrogen) atoms. The SMILES string of the molecule is Cc1ccc(CNCC2CNCC2O)c(Br)c1. The van der Waals surface area contributed by atoms with Crippen molar-refractivity contribution in [2.45, 2.75) is 19.6 Å². The molecule has 2 rings (SSSR count). The van der Waals surface area contributed by atoms with Crippen molar-refractivity contribution in [2.24, 2.45) is 5.92 Å². The number of nitrogens with one attached hydrogen (secondary N) is 2. The van der Waals surface area contributed by atoms with Gasteiger partial charge in [-0.15, -0.1) is 0 Å². The molecule has 0 amide bonds. The number of hydrogen-bond acceptors (Lipinski definition) is 3. The maximum absolute atomic E-state index is 9.67. The van der Waals surface area contributed by atoms with Crippen LogP contribution in [-0.4, -0.2) is 30.8 Å². The van der Waals surface area contributed by atoms with Crippen LogP contribution in [0.4, 0.5) is 0 Å². The van der Waals surface area contributed by atoms with E-state index in [1.807, 2.05) is 0 Å². The highest BCUT2D eigenvalue weighted by atomic mass is 79.9. The topological polar surface area (TPSA) is 44.3 Å². The lowest BCUT2D eigenvalue weighted by Crippen LogP contribution is -2.30. The van der Waals surface area contributed by atoms with Crippen LogP contribution in [0.5, 0.6) is 0 Å². The van der Waals surface area contributed by atoms with Gasteiger partial charge in [-0.2, -0.15) is 0 Å². The van der Waals surface area contributed by atoms with Gasteiger partial charge in [0.15, 0.2) is 0 Å². The van der Waals surface area contributed by atoms with Crippen LogP contribution >= 0.6 is 15.9 Å². The Balaban J connectivity index is 1.81. The summed E-state index contributed by atoms with van der Waals surface area (Å²) in [5, 5.41) is 16.3. The first-order valence-electron chi connectivity index (χ1n) is 6.01. The van der Waals surface area contributed by atoms with Crippen LogP contribution in [0.25, 0.3) is 0 Å². The zero-order valence-corrected chi connectivity index (χ0v) is 11.6. The van der Waals surface area contributed by atoms with Crippen molar-refractivity contribution < 1.29 is 5.11 Å². The smallest absolute Gasteiger partial charge is 0.0716 e. The summed E-state index contributed by atoms with van der Waals surface area (Å²) in [6.45, 7) is 5.41. The van der Waals surface area contributed by atoms with Gasteiger partial charge in [0.25, 0.3) is 0 Å². The molecule has 2 unspecified atom stereocenters. The van der Waals surface area contributed by atoms with E-state index in [4.69, 9.17) is 0 Å². The number of aryl methyl sites for hydroxylation is 1. The highest BCUT2D eigenvalue weighted by Gasteiger charge is 2.23. The molecule has 94 valence electrons. The highest BCUT2D eigenvalue weighted by molar-refractivity contribution is 9.10. The Labute approximate surface area is 111 Å². The first kappa shape index (κ1) is 13.0. The molecule has 1 heterocycles. The average Bonchev–Trinajstić information content (AvgIpc) is 2.68. The average molecular weight is 299 g/mol. The summed E-state index contributed by atoms with van der Waals surface area (Å²) >= 11 is 3.57. The normalized spacial score (nSPS) is 24.2. The Bertz CT molecular complexity index is 384. The molecule has 0 bridgehead atoms. The van der Waals surface area contributed by atoms with E-state index in [0.717, 1.165) is 30.7 Å². The molecule has 0 spiro atoms. The quantitative estimate of drug-likeness (QED) is 0.788. The second-order valence-corrected chi connectivity index (χ2v) is 5.57. The molecular weight excluding hydrogens is 280 g/mol. The van der Waals surface area contributed by atoms with E-state index in [2.05, 4.69) is 51.7 Å². The van der Waals surface area contributed by atoms with Gasteiger partial charge in [0.1, 0.15) is 0 Å². The largest absolute Gasteiger partial charge is 0.391 e. The van der Waals surface area contributed by atoms with E-state index < -0.39 is 0 Å². The summed E-state index contributed by atoms with van der Waals surface area (Å²) < 4.78 is 1.15. The number of halogens is 1. The second kappa shape index (κ2) is 5.96. The predicted octanol–water partition coefficient (Wildman–Crippen LogP) is 1.43. The van der Waals surface area contributed by atoms with Gasteiger partial charge in [-0.3, -0.25) is 0 Å². The van der Waals surface area contributed by atoms with E-state index >= 15 is 0 Å². The zero-order valence-electron chi connectivity index (χ0n) is 10.0. The molecule has 4 heteroatoms. The fourth-order valence-electron chi connectivity index (χ4n) is 2.12. The third-order valence-corrected chi connectivity index (χ3v) is 3.97. The molecule has 3 N–H and O–H groups in total. The maximum Gasteiger partial charge on any atom is 0.0716 e. The van der Waals surface area contributed by atoms with Crippen LogP contribution in [0.15, 0.2) is 22.7 Å². The maximum atomic E-state index is 9.67. The van der Waals surface area contributed by atoms with Crippen LogP contribution in [0.3, 0.4) is 0 Å². The van der Waals surface area contributed by atoms with E-state index in [9.17, 15) is 5.11 Å². The number of rotatable bonds is 4. The van der Waals surface area contributed by atoms with Crippen molar-refractivity contribution in [2.75, 3.05) is 19.6 Å². The third kappa shape index (κ3) is 3.52. The Hall–Kier alpha value is -0.420. The summed E-state index contributed by atoms with van der Waals surface area (Å²) in [6, 6.07) is 6.38. The van der Waals surface area contributed by atoms with Crippen molar-refractivity contribution in [3.63, 3.8) is 0 Å². The summed E-state index contributed by atoms with van der Waals surface area (Å²) in [5.74, 6) is 0.333. The third-order valence-electron chi connectivity index (χ3n) is 3.23. The molecular formula is C13H19BrN2O. The Morgan fingerprint density at radius 3 is 2.94 bits per heavy atom. The Kier molecular flexibility index (Phi) is 4.56. The first-order chi connectivity index (χ1) is 8.16. The monoisotopic (exact) mass is 298 g/mol. The minimum absolute atomic E-state index is 0.205. The molecule has 2 atom stereocenters. The van der Waals surface area contributed by atoms with Crippen LogP contribution in [0.1, 0.15) is 11.1 Å². The van der Waals surface area contributed by atoms with Gasteiger partial charge in [0, 0.05) is 36.6 Å². The van der Waals surface area contributed by atoms with Crippen molar-refractivity contribution in [3.05, 3.63) is 33.8 Å². The number of benzene rings is 1. The standard InChI is InChI=1S/C13H19BrN2O/c1-9-2-3-10(12(14)4-9)5-15-6-11-7-16-8-13(11)17/h2-4,11,13,15-17H,5-8H2,1H3. The molecule has 0 aliphatic carbocycles. The molecule has 1 saturated heterocycles. The van der Waals surface area contributed by atoms with E-state index in [1.165, 1.54) is 11.1 Å². The fraction of sp³-hybridized carbons (Fsp3) is 0.538. The number of aliphatic hydroxyl groups excluding tert-OH is 1. The van der Waals surface area contributed by atoms with Crippen LogP contribution in [0.2, 0.25) is 0 Å². The van der Waals surface area contributed by atoms with Gasteiger partial charge in [0.2, 0.25) is 0 Å². The minimum Gasteiger partial charge on any atom is -0.391 e. The summed E-state index contributed by atoms with van der Waals surface area (Å²) in [5.41, 5.74) is 2.52. The summed E-state index contributed by atoms with van der Waals surface area (Å²) in [4.78, 5) is 0. The Morgan fingerprint density at radius 2 is 2.29 bits per heavy atom. The summed E-state index contributed by atoms with van der Waals surface area (Å²) in [6.07, 6.45) is -0.205. The molecule has 1 fully saturated rings. The molecule has 1 aromatic rings. The number of β-amino-alcohol motifs (C(OH)–C–C–N with tert-alkyl or cyclic N) is 1. The lowest BCUT2D eigenvalue weighted by molar-refractivity contribution is 0.146. The van der Waals surface area contributed by atoms with E-state index in [1.54, 1.807) is 0 Å². The van der Waals surface area contributed by atoms with E-state index in [0.29, 0.717) is 5.92 Å². The van der Waals surface area contributed by atoms with Gasteiger partial charge in [-0.1, -0.05) is 28.1 Å². The van der Waals surface area contributed by atoms with E-state index in [-0.39, 0.29) is 6.10 Å². The minimum atomic E-state index is -0.205. The van der Waals surface area contributed by atoms with Gasteiger partial charge in [-0.05, 0) is 24.1 Å². The molecule has 0 saturated carbocycles. The summed E-state index contributed by atoms with van der Waals surface area (Å²) in [7, 11) is 0.